The predicted octanol–water partition coefficient (Wildman–Crippen LogP) is 5.23. The first-order chi connectivity index (χ1) is 11.3. The molecule has 1 aromatic carbocycles. The van der Waals surface area contributed by atoms with Gasteiger partial charge < -0.3 is 5.32 Å². The Balaban J connectivity index is 1.79. The third-order valence-corrected chi connectivity index (χ3v) is 5.40. The second-order valence-corrected chi connectivity index (χ2v) is 9.47. The first-order valence-electron chi connectivity index (χ1n) is 8.12. The largest absolute Gasteiger partial charge is 0.300 e. The van der Waals surface area contributed by atoms with Crippen molar-refractivity contribution in [3.63, 3.8) is 0 Å². The summed E-state index contributed by atoms with van der Waals surface area (Å²) in [6.07, 6.45) is 1.54. The maximum absolute atomic E-state index is 12.1. The molecule has 0 saturated carbocycles. The number of carbonyl (C=O) groups excluding carboxylic acids is 1. The SMILES string of the molecule is C[C@@H](CC(=O)Nc1nnc(SCc2ccccc2)s1)CC(C)(C)C. The Hall–Kier alpha value is -1.40. The van der Waals surface area contributed by atoms with Gasteiger partial charge in [0, 0.05) is 12.2 Å². The number of nitrogens with one attached hydrogen (secondary N) is 1. The number of anilines is 1. The van der Waals surface area contributed by atoms with E-state index in [2.05, 4.69) is 55.3 Å². The van der Waals surface area contributed by atoms with Crippen LogP contribution in [-0.4, -0.2) is 16.1 Å². The molecule has 0 unspecified atom stereocenters. The second kappa shape index (κ2) is 8.62. The Morgan fingerprint density at radius 1 is 1.25 bits per heavy atom. The van der Waals surface area contributed by atoms with E-state index in [9.17, 15) is 4.79 Å². The number of nitrogens with zero attached hydrogens (tertiary/aromatic N) is 2. The van der Waals surface area contributed by atoms with Gasteiger partial charge in [0.1, 0.15) is 0 Å². The fourth-order valence-corrected chi connectivity index (χ4v) is 4.37. The molecule has 0 spiro atoms. The average molecular weight is 364 g/mol. The fourth-order valence-electron chi connectivity index (χ4n) is 2.64. The first-order valence-corrected chi connectivity index (χ1v) is 9.92. The number of carbonyl (C=O) groups is 1. The van der Waals surface area contributed by atoms with E-state index in [1.807, 2.05) is 18.2 Å². The number of hydrogen-bond acceptors (Lipinski definition) is 5. The van der Waals surface area contributed by atoms with E-state index in [0.29, 0.717) is 17.5 Å². The van der Waals surface area contributed by atoms with Crippen LogP contribution in [0.1, 0.15) is 46.1 Å². The summed E-state index contributed by atoms with van der Waals surface area (Å²) in [6.45, 7) is 8.71. The number of hydrogen-bond donors (Lipinski definition) is 1. The molecule has 0 aliphatic heterocycles. The van der Waals surface area contributed by atoms with Gasteiger partial charge in [-0.1, -0.05) is 81.1 Å². The summed E-state index contributed by atoms with van der Waals surface area (Å²) in [5.41, 5.74) is 1.49. The molecule has 0 fully saturated rings. The molecule has 0 saturated heterocycles. The Kier molecular flexibility index (Phi) is 6.80. The zero-order chi connectivity index (χ0) is 17.6. The van der Waals surface area contributed by atoms with Crippen LogP contribution in [0, 0.1) is 11.3 Å². The molecule has 0 radical (unpaired) electrons. The van der Waals surface area contributed by atoms with Crippen LogP contribution in [0.5, 0.6) is 0 Å². The molecule has 1 aromatic heterocycles. The first kappa shape index (κ1) is 18.9. The van der Waals surface area contributed by atoms with Gasteiger partial charge in [-0.05, 0) is 23.3 Å². The molecule has 2 rings (SSSR count). The van der Waals surface area contributed by atoms with Crippen LogP contribution < -0.4 is 5.32 Å². The lowest BCUT2D eigenvalue weighted by Gasteiger charge is -2.22. The molecule has 1 atom stereocenters. The zero-order valence-corrected chi connectivity index (χ0v) is 16.3. The van der Waals surface area contributed by atoms with E-state index in [-0.39, 0.29) is 11.3 Å². The summed E-state index contributed by atoms with van der Waals surface area (Å²) in [7, 11) is 0. The van der Waals surface area contributed by atoms with Crippen LogP contribution in [0.15, 0.2) is 34.7 Å². The van der Waals surface area contributed by atoms with Crippen molar-refractivity contribution < 1.29 is 4.79 Å². The normalized spacial score (nSPS) is 12.8. The molecule has 4 nitrogen and oxygen atoms in total. The molecule has 1 N–H and O–H groups in total. The predicted molar refractivity (Wildman–Crippen MR) is 102 cm³/mol. The molecule has 0 aliphatic carbocycles. The van der Waals surface area contributed by atoms with Crippen LogP contribution >= 0.6 is 23.1 Å². The molecule has 130 valence electrons. The van der Waals surface area contributed by atoms with Gasteiger partial charge in [-0.2, -0.15) is 0 Å². The van der Waals surface area contributed by atoms with Crippen molar-refractivity contribution in [2.75, 3.05) is 5.32 Å². The number of aromatic nitrogens is 2. The lowest BCUT2D eigenvalue weighted by molar-refractivity contribution is -0.117. The van der Waals surface area contributed by atoms with Crippen LogP contribution in [-0.2, 0) is 10.5 Å². The summed E-state index contributed by atoms with van der Waals surface area (Å²) in [5.74, 6) is 1.22. The van der Waals surface area contributed by atoms with Gasteiger partial charge in [0.2, 0.25) is 11.0 Å². The van der Waals surface area contributed by atoms with Gasteiger partial charge in [0.15, 0.2) is 4.34 Å². The van der Waals surface area contributed by atoms with Crippen molar-refractivity contribution >= 4 is 34.1 Å². The minimum atomic E-state index is 0.0162. The summed E-state index contributed by atoms with van der Waals surface area (Å²) in [4.78, 5) is 12.1. The minimum Gasteiger partial charge on any atom is -0.300 e. The van der Waals surface area contributed by atoms with Crippen molar-refractivity contribution in [3.8, 4) is 0 Å². The third kappa shape index (κ3) is 7.01. The van der Waals surface area contributed by atoms with Crippen molar-refractivity contribution in [2.24, 2.45) is 11.3 Å². The van der Waals surface area contributed by atoms with Gasteiger partial charge in [-0.3, -0.25) is 4.79 Å². The molecular formula is C18H25N3OS2. The number of rotatable bonds is 7. The quantitative estimate of drug-likeness (QED) is 0.540. The van der Waals surface area contributed by atoms with Crippen LogP contribution in [0.4, 0.5) is 5.13 Å². The Labute approximate surface area is 152 Å². The van der Waals surface area contributed by atoms with Crippen molar-refractivity contribution in [1.29, 1.82) is 0 Å². The highest BCUT2D eigenvalue weighted by Crippen LogP contribution is 2.29. The Morgan fingerprint density at radius 3 is 2.62 bits per heavy atom. The summed E-state index contributed by atoms with van der Waals surface area (Å²) >= 11 is 3.07. The van der Waals surface area contributed by atoms with Gasteiger partial charge >= 0.3 is 0 Å². The fraction of sp³-hybridized carbons (Fsp3) is 0.500. The van der Waals surface area contributed by atoms with Crippen molar-refractivity contribution in [1.82, 2.24) is 10.2 Å². The topological polar surface area (TPSA) is 54.9 Å². The zero-order valence-electron chi connectivity index (χ0n) is 14.7. The monoisotopic (exact) mass is 363 g/mol. The van der Waals surface area contributed by atoms with E-state index >= 15 is 0 Å². The summed E-state index contributed by atoms with van der Waals surface area (Å²) in [5, 5.41) is 11.7. The summed E-state index contributed by atoms with van der Waals surface area (Å²) in [6, 6.07) is 10.2. The molecule has 0 aliphatic rings. The third-order valence-electron chi connectivity index (χ3n) is 3.35. The van der Waals surface area contributed by atoms with E-state index in [1.165, 1.54) is 16.9 Å². The maximum Gasteiger partial charge on any atom is 0.226 e. The smallest absolute Gasteiger partial charge is 0.226 e. The van der Waals surface area contributed by atoms with Gasteiger partial charge in [0.25, 0.3) is 0 Å². The number of amides is 1. The van der Waals surface area contributed by atoms with Crippen molar-refractivity contribution in [3.05, 3.63) is 35.9 Å². The Bertz CT molecular complexity index is 650. The van der Waals surface area contributed by atoms with Gasteiger partial charge in [-0.25, -0.2) is 0 Å². The number of benzene rings is 1. The molecular weight excluding hydrogens is 338 g/mol. The minimum absolute atomic E-state index is 0.0162. The maximum atomic E-state index is 12.1. The van der Waals surface area contributed by atoms with Crippen molar-refractivity contribution in [2.45, 2.75) is 50.6 Å². The standard InChI is InChI=1S/C18H25N3OS2/c1-13(11-18(2,3)4)10-15(22)19-16-20-21-17(24-16)23-12-14-8-6-5-7-9-14/h5-9,13H,10-12H2,1-4H3,(H,19,20,22)/t13-/m0/s1. The van der Waals surface area contributed by atoms with Gasteiger partial charge in [0.05, 0.1) is 0 Å². The van der Waals surface area contributed by atoms with Crippen LogP contribution in [0.3, 0.4) is 0 Å². The molecule has 1 heterocycles. The summed E-state index contributed by atoms with van der Waals surface area (Å²) < 4.78 is 0.872. The molecule has 24 heavy (non-hydrogen) atoms. The van der Waals surface area contributed by atoms with Crippen LogP contribution in [0.25, 0.3) is 0 Å². The Morgan fingerprint density at radius 2 is 1.96 bits per heavy atom. The second-order valence-electron chi connectivity index (χ2n) is 7.27. The highest BCUT2D eigenvalue weighted by atomic mass is 32.2. The highest BCUT2D eigenvalue weighted by molar-refractivity contribution is 8.00. The van der Waals surface area contributed by atoms with E-state index < -0.39 is 0 Å². The molecule has 6 heteroatoms. The molecule has 1 amide bonds. The van der Waals surface area contributed by atoms with E-state index in [0.717, 1.165) is 16.5 Å². The number of thioether (sulfide) groups is 1. The molecule has 0 bridgehead atoms. The van der Waals surface area contributed by atoms with Crippen LogP contribution in [0.2, 0.25) is 0 Å². The average Bonchev–Trinajstić information content (AvgIpc) is 2.91. The van der Waals surface area contributed by atoms with E-state index in [4.69, 9.17) is 0 Å². The lowest BCUT2D eigenvalue weighted by atomic mass is 9.84. The lowest BCUT2D eigenvalue weighted by Crippen LogP contribution is -2.18. The van der Waals surface area contributed by atoms with E-state index in [1.54, 1.807) is 11.8 Å². The highest BCUT2D eigenvalue weighted by Gasteiger charge is 2.18. The molecule has 2 aromatic rings. The van der Waals surface area contributed by atoms with Gasteiger partial charge in [-0.15, -0.1) is 10.2 Å².